The minimum absolute atomic E-state index is 0.115. The van der Waals surface area contributed by atoms with Crippen LogP contribution in [0.5, 0.6) is 0 Å². The largest absolute Gasteiger partial charge is 0.390 e. The smallest absolute Gasteiger partial charge is 0.248 e. The maximum Gasteiger partial charge on any atom is 0.248 e. The summed E-state index contributed by atoms with van der Waals surface area (Å²) < 4.78 is 33.3. The molecule has 3 aliphatic rings. The van der Waals surface area contributed by atoms with Crippen molar-refractivity contribution >= 4 is 5.91 Å². The van der Waals surface area contributed by atoms with Gasteiger partial charge in [-0.2, -0.15) is 0 Å². The van der Waals surface area contributed by atoms with Crippen LogP contribution in [0.2, 0.25) is 0 Å². The number of hydrogen-bond acceptors (Lipinski definition) is 3. The van der Waals surface area contributed by atoms with Crippen molar-refractivity contribution in [3.05, 3.63) is 35.9 Å². The van der Waals surface area contributed by atoms with E-state index >= 15 is 0 Å². The van der Waals surface area contributed by atoms with E-state index in [-0.39, 0.29) is 49.0 Å². The molecule has 2 saturated heterocycles. The molecule has 0 spiro atoms. The van der Waals surface area contributed by atoms with E-state index in [1.807, 2.05) is 13.0 Å². The first-order valence-electron chi connectivity index (χ1n) is 11.7. The van der Waals surface area contributed by atoms with Crippen molar-refractivity contribution < 1.29 is 23.4 Å². The summed E-state index contributed by atoms with van der Waals surface area (Å²) in [5, 5.41) is 14.3. The number of carbonyl (C=O) groups is 1. The summed E-state index contributed by atoms with van der Waals surface area (Å²) in [6, 6.07) is 10.4. The quantitative estimate of drug-likeness (QED) is 0.714. The van der Waals surface area contributed by atoms with Crippen molar-refractivity contribution in [2.45, 2.75) is 94.4 Å². The van der Waals surface area contributed by atoms with E-state index in [4.69, 9.17) is 4.74 Å². The van der Waals surface area contributed by atoms with Gasteiger partial charge in [-0.05, 0) is 63.9 Å². The molecular weight excluding hydrogens is 400 g/mol. The number of alkyl halides is 2. The second-order valence-corrected chi connectivity index (χ2v) is 10.5. The Morgan fingerprint density at radius 3 is 2.45 bits per heavy atom. The van der Waals surface area contributed by atoms with Crippen LogP contribution >= 0.6 is 0 Å². The Morgan fingerprint density at radius 1 is 1.10 bits per heavy atom. The van der Waals surface area contributed by atoms with Crippen LogP contribution in [-0.2, 0) is 9.53 Å². The van der Waals surface area contributed by atoms with E-state index in [0.717, 1.165) is 25.7 Å². The molecule has 2 aliphatic heterocycles. The molecule has 0 radical (unpaired) electrons. The van der Waals surface area contributed by atoms with E-state index < -0.39 is 17.6 Å². The van der Waals surface area contributed by atoms with Crippen LogP contribution in [0.25, 0.3) is 0 Å². The molecule has 2 heterocycles. The second kappa shape index (κ2) is 8.43. The molecule has 4 rings (SSSR count). The van der Waals surface area contributed by atoms with E-state index in [2.05, 4.69) is 36.5 Å². The molecule has 0 aromatic heterocycles. The maximum absolute atomic E-state index is 13.4. The first-order chi connectivity index (χ1) is 14.6. The highest BCUT2D eigenvalue weighted by Gasteiger charge is 2.52. The van der Waals surface area contributed by atoms with Gasteiger partial charge < -0.3 is 15.2 Å². The Balaban J connectivity index is 1.42. The number of amides is 1. The third-order valence-corrected chi connectivity index (χ3v) is 7.82. The summed E-state index contributed by atoms with van der Waals surface area (Å²) in [6.07, 6.45) is 2.54. The second-order valence-electron chi connectivity index (χ2n) is 10.5. The molecule has 31 heavy (non-hydrogen) atoms. The molecular formula is C25H35F2NO3. The third-order valence-electron chi connectivity index (χ3n) is 7.82. The summed E-state index contributed by atoms with van der Waals surface area (Å²) >= 11 is 0. The zero-order valence-corrected chi connectivity index (χ0v) is 18.6. The van der Waals surface area contributed by atoms with Gasteiger partial charge in [0.1, 0.15) is 0 Å². The standard InChI is InChI=1S/C25H35F2NO3/c1-23-11-8-19(16-28-22(30)18-9-12-25(26,27)13-10-18)21(29)24(2,31-23)15-20(14-23)17-6-4-3-5-7-17/h3-7,18-21,29H,8-16H2,1-2H3,(H,28,30)/t19-,20-,21-,23-,24-/m0/s1. The Hall–Kier alpha value is -1.53. The van der Waals surface area contributed by atoms with Gasteiger partial charge in [-0.25, -0.2) is 8.78 Å². The Morgan fingerprint density at radius 2 is 1.77 bits per heavy atom. The lowest BCUT2D eigenvalue weighted by molar-refractivity contribution is -0.215. The SMILES string of the molecule is C[C@]12CC[C@@H](CNC(=O)C3CCC(F)(F)CC3)[C@H](O)[C@](C)(C[C@@H](c3ccccc3)C1)O2. The average Bonchev–Trinajstić information content (AvgIpc) is 2.79. The molecule has 3 fully saturated rings. The average molecular weight is 436 g/mol. The van der Waals surface area contributed by atoms with Gasteiger partial charge in [0.2, 0.25) is 11.8 Å². The summed E-state index contributed by atoms with van der Waals surface area (Å²) in [5.41, 5.74) is 0.269. The zero-order chi connectivity index (χ0) is 22.3. The van der Waals surface area contributed by atoms with Crippen molar-refractivity contribution in [2.24, 2.45) is 11.8 Å². The number of ether oxygens (including phenoxy) is 1. The number of rotatable bonds is 4. The maximum atomic E-state index is 13.4. The summed E-state index contributed by atoms with van der Waals surface area (Å²) in [7, 11) is 0. The number of aliphatic hydroxyl groups is 1. The van der Waals surface area contributed by atoms with Gasteiger partial charge >= 0.3 is 0 Å². The molecule has 1 aromatic rings. The molecule has 1 saturated carbocycles. The number of carbonyl (C=O) groups excluding carboxylic acids is 1. The van der Waals surface area contributed by atoms with Crippen LogP contribution in [0.4, 0.5) is 8.78 Å². The molecule has 2 bridgehead atoms. The van der Waals surface area contributed by atoms with Crippen molar-refractivity contribution in [1.82, 2.24) is 5.32 Å². The fourth-order valence-corrected chi connectivity index (χ4v) is 6.06. The van der Waals surface area contributed by atoms with Gasteiger partial charge in [0.25, 0.3) is 0 Å². The van der Waals surface area contributed by atoms with Crippen LogP contribution < -0.4 is 5.32 Å². The number of benzene rings is 1. The minimum atomic E-state index is -2.64. The van der Waals surface area contributed by atoms with E-state index in [1.54, 1.807) is 0 Å². The van der Waals surface area contributed by atoms with Crippen LogP contribution in [-0.4, -0.2) is 40.8 Å². The summed E-state index contributed by atoms with van der Waals surface area (Å²) in [5.74, 6) is -2.95. The van der Waals surface area contributed by atoms with Crippen molar-refractivity contribution in [2.75, 3.05) is 6.54 Å². The van der Waals surface area contributed by atoms with Crippen LogP contribution in [0.3, 0.4) is 0 Å². The van der Waals surface area contributed by atoms with Gasteiger partial charge in [-0.3, -0.25) is 4.79 Å². The van der Waals surface area contributed by atoms with E-state index in [0.29, 0.717) is 12.5 Å². The Kier molecular flexibility index (Phi) is 6.16. The molecule has 6 heteroatoms. The van der Waals surface area contributed by atoms with Crippen LogP contribution in [0.15, 0.2) is 30.3 Å². The Bertz CT molecular complexity index is 778. The summed E-state index contributed by atoms with van der Waals surface area (Å²) in [4.78, 5) is 12.6. The number of fused-ring (bicyclic) bond motifs is 2. The number of aliphatic hydroxyl groups excluding tert-OH is 1. The molecule has 1 aromatic carbocycles. The third kappa shape index (κ3) is 4.95. The van der Waals surface area contributed by atoms with Crippen LogP contribution in [0, 0.1) is 11.8 Å². The Labute approximate surface area is 183 Å². The molecule has 2 N–H and O–H groups in total. The van der Waals surface area contributed by atoms with Gasteiger partial charge in [-0.15, -0.1) is 0 Å². The highest BCUT2D eigenvalue weighted by atomic mass is 19.3. The fourth-order valence-electron chi connectivity index (χ4n) is 6.06. The van der Waals surface area contributed by atoms with Gasteiger partial charge in [0.15, 0.2) is 0 Å². The topological polar surface area (TPSA) is 58.6 Å². The van der Waals surface area contributed by atoms with Gasteiger partial charge in [-0.1, -0.05) is 30.3 Å². The summed E-state index contributed by atoms with van der Waals surface area (Å²) in [6.45, 7) is 4.49. The minimum Gasteiger partial charge on any atom is -0.390 e. The van der Waals surface area contributed by atoms with Crippen LogP contribution in [0.1, 0.15) is 76.7 Å². The predicted octanol–water partition coefficient (Wildman–Crippen LogP) is 4.81. The zero-order valence-electron chi connectivity index (χ0n) is 18.6. The van der Waals surface area contributed by atoms with E-state index in [1.165, 1.54) is 5.56 Å². The highest BCUT2D eigenvalue weighted by molar-refractivity contribution is 5.78. The van der Waals surface area contributed by atoms with E-state index in [9.17, 15) is 18.7 Å². The van der Waals surface area contributed by atoms with Gasteiger partial charge in [0, 0.05) is 31.2 Å². The first-order valence-corrected chi connectivity index (χ1v) is 11.7. The van der Waals surface area contributed by atoms with Crippen molar-refractivity contribution in [3.63, 3.8) is 0 Å². The van der Waals surface area contributed by atoms with Gasteiger partial charge in [0.05, 0.1) is 17.3 Å². The molecule has 5 atom stereocenters. The predicted molar refractivity (Wildman–Crippen MR) is 115 cm³/mol. The normalized spacial score (nSPS) is 38.3. The first kappa shape index (κ1) is 22.7. The number of hydrogen-bond donors (Lipinski definition) is 2. The van der Waals surface area contributed by atoms with Crippen molar-refractivity contribution in [3.8, 4) is 0 Å². The fraction of sp³-hybridized carbons (Fsp3) is 0.720. The molecule has 172 valence electrons. The highest BCUT2D eigenvalue weighted by Crippen LogP contribution is 2.50. The molecule has 1 aliphatic carbocycles. The molecule has 4 nitrogen and oxygen atoms in total. The monoisotopic (exact) mass is 435 g/mol. The molecule has 1 amide bonds. The lowest BCUT2D eigenvalue weighted by Gasteiger charge is -2.49. The molecule has 0 unspecified atom stereocenters. The number of nitrogens with one attached hydrogen (secondary N) is 1. The number of halogens is 2. The lowest BCUT2D eigenvalue weighted by atomic mass is 9.74. The lowest BCUT2D eigenvalue weighted by Crippen LogP contribution is -2.54. The van der Waals surface area contributed by atoms with Crippen molar-refractivity contribution in [1.29, 1.82) is 0 Å².